The number of carbonyl (C=O) groups is 4. The molecule has 2 unspecified atom stereocenters. The third-order valence-corrected chi connectivity index (χ3v) is 2.63. The first-order valence-electron chi connectivity index (χ1n) is 4.95. The number of allylic oxidation sites excluding steroid dienone is 2. The lowest BCUT2D eigenvalue weighted by Gasteiger charge is -2.25. The van der Waals surface area contributed by atoms with E-state index in [1.165, 1.54) is 0 Å². The second-order valence-electron chi connectivity index (χ2n) is 3.87. The summed E-state index contributed by atoms with van der Waals surface area (Å²) in [6.45, 7) is 0. The van der Waals surface area contributed by atoms with Gasteiger partial charge in [-0.05, 0) is 0 Å². The van der Waals surface area contributed by atoms with Crippen LogP contribution in [0.2, 0.25) is 0 Å². The van der Waals surface area contributed by atoms with E-state index in [4.69, 9.17) is 15.9 Å². The number of ketones is 2. The molecule has 0 saturated heterocycles. The summed E-state index contributed by atoms with van der Waals surface area (Å²) in [6.07, 6.45) is -1.52. The molecular formula is C10H11NO7. The van der Waals surface area contributed by atoms with Gasteiger partial charge in [-0.2, -0.15) is 0 Å². The molecule has 0 aromatic heterocycles. The lowest BCUT2D eigenvalue weighted by Crippen LogP contribution is -2.42. The summed E-state index contributed by atoms with van der Waals surface area (Å²) >= 11 is 0. The monoisotopic (exact) mass is 257 g/mol. The Kier molecular flexibility index (Phi) is 3.70. The summed E-state index contributed by atoms with van der Waals surface area (Å²) in [5.74, 6) is -8.47. The van der Waals surface area contributed by atoms with Crippen LogP contribution in [0.25, 0.3) is 0 Å². The number of aliphatic carboxylic acids is 2. The highest BCUT2D eigenvalue weighted by Gasteiger charge is 2.43. The van der Waals surface area contributed by atoms with Gasteiger partial charge in [0.25, 0.3) is 0 Å². The predicted molar refractivity (Wildman–Crippen MR) is 55.3 cm³/mol. The van der Waals surface area contributed by atoms with Crippen LogP contribution in [-0.4, -0.2) is 38.8 Å². The third-order valence-electron chi connectivity index (χ3n) is 2.63. The van der Waals surface area contributed by atoms with Gasteiger partial charge in [0.15, 0.2) is 11.6 Å². The highest BCUT2D eigenvalue weighted by Crippen LogP contribution is 2.29. The van der Waals surface area contributed by atoms with Crippen LogP contribution in [0.1, 0.15) is 12.8 Å². The summed E-state index contributed by atoms with van der Waals surface area (Å²) in [6, 6.07) is 0. The molecule has 8 nitrogen and oxygen atoms in total. The molecule has 0 spiro atoms. The molecule has 0 aliphatic heterocycles. The summed E-state index contributed by atoms with van der Waals surface area (Å²) in [4.78, 5) is 44.4. The van der Waals surface area contributed by atoms with E-state index in [0.29, 0.717) is 0 Å². The molecule has 0 radical (unpaired) electrons. The Morgan fingerprint density at radius 1 is 1.06 bits per heavy atom. The number of nitrogens with two attached hydrogens (primary N) is 1. The highest BCUT2D eigenvalue weighted by atomic mass is 16.4. The Labute approximate surface area is 101 Å². The van der Waals surface area contributed by atoms with Crippen LogP contribution in [0.4, 0.5) is 0 Å². The van der Waals surface area contributed by atoms with Crippen LogP contribution < -0.4 is 5.73 Å². The maximum atomic E-state index is 11.8. The molecule has 0 aromatic rings. The Bertz CT molecular complexity index is 465. The van der Waals surface area contributed by atoms with Gasteiger partial charge >= 0.3 is 11.9 Å². The minimum atomic E-state index is -1.54. The minimum Gasteiger partial charge on any atom is -0.509 e. The molecule has 5 N–H and O–H groups in total. The van der Waals surface area contributed by atoms with Gasteiger partial charge in [-0.15, -0.1) is 0 Å². The predicted octanol–water partition coefficient (Wildman–Crippen LogP) is -0.952. The van der Waals surface area contributed by atoms with E-state index in [1.54, 1.807) is 0 Å². The first kappa shape index (κ1) is 13.7. The maximum absolute atomic E-state index is 11.8. The fourth-order valence-electron chi connectivity index (χ4n) is 1.75. The molecule has 2 atom stereocenters. The van der Waals surface area contributed by atoms with Crippen molar-refractivity contribution in [1.82, 2.24) is 0 Å². The summed E-state index contributed by atoms with van der Waals surface area (Å²) in [7, 11) is 0. The first-order chi connectivity index (χ1) is 8.25. The van der Waals surface area contributed by atoms with Gasteiger partial charge in [-0.3, -0.25) is 19.2 Å². The molecule has 0 amide bonds. The number of aliphatic hydroxyl groups is 1. The standard InChI is InChI=1S/C10H11NO7/c11-7-9(17)3(1-5(12)13)8(16)4(10(7)18)2-6(14)15/h3-4,17H,1-2,11H2,(H,12,13)(H,14,15). The zero-order chi connectivity index (χ0) is 14.0. The van der Waals surface area contributed by atoms with E-state index in [9.17, 15) is 24.3 Å². The zero-order valence-electron chi connectivity index (χ0n) is 9.12. The van der Waals surface area contributed by atoms with Gasteiger partial charge in [0, 0.05) is 0 Å². The smallest absolute Gasteiger partial charge is 0.304 e. The van der Waals surface area contributed by atoms with Crippen molar-refractivity contribution in [3.05, 3.63) is 11.5 Å². The topological polar surface area (TPSA) is 155 Å². The molecule has 0 heterocycles. The molecule has 0 saturated carbocycles. The van der Waals surface area contributed by atoms with E-state index in [2.05, 4.69) is 0 Å². The molecular weight excluding hydrogens is 246 g/mol. The SMILES string of the molecule is NC1=C(O)C(CC(=O)O)C(=O)C(CC(=O)O)C1=O. The van der Waals surface area contributed by atoms with Gasteiger partial charge in [-0.25, -0.2) is 0 Å². The zero-order valence-corrected chi connectivity index (χ0v) is 9.12. The van der Waals surface area contributed by atoms with Crippen molar-refractivity contribution in [2.75, 3.05) is 0 Å². The van der Waals surface area contributed by atoms with Crippen LogP contribution >= 0.6 is 0 Å². The Morgan fingerprint density at radius 2 is 1.50 bits per heavy atom. The Morgan fingerprint density at radius 3 is 1.94 bits per heavy atom. The number of rotatable bonds is 4. The summed E-state index contributed by atoms with van der Waals surface area (Å²) in [5, 5.41) is 26.7. The molecule has 0 aromatic carbocycles. The number of aliphatic hydroxyl groups excluding tert-OH is 1. The van der Waals surface area contributed by atoms with Crippen molar-refractivity contribution >= 4 is 23.5 Å². The summed E-state index contributed by atoms with van der Waals surface area (Å²) in [5.41, 5.74) is 4.61. The quantitative estimate of drug-likeness (QED) is 0.469. The normalized spacial score (nSPS) is 24.2. The van der Waals surface area contributed by atoms with Crippen molar-refractivity contribution in [2.24, 2.45) is 17.6 Å². The largest absolute Gasteiger partial charge is 0.509 e. The molecule has 0 bridgehead atoms. The molecule has 1 rings (SSSR count). The summed E-state index contributed by atoms with van der Waals surface area (Å²) < 4.78 is 0. The lowest BCUT2D eigenvalue weighted by molar-refractivity contribution is -0.147. The van der Waals surface area contributed by atoms with E-state index >= 15 is 0 Å². The number of hydrogen-bond acceptors (Lipinski definition) is 6. The second-order valence-corrected chi connectivity index (χ2v) is 3.87. The number of carboxylic acids is 2. The van der Waals surface area contributed by atoms with E-state index < -0.39 is 59.6 Å². The Hall–Kier alpha value is -2.38. The van der Waals surface area contributed by atoms with Gasteiger partial charge in [-0.1, -0.05) is 0 Å². The fraction of sp³-hybridized carbons (Fsp3) is 0.400. The van der Waals surface area contributed by atoms with Crippen LogP contribution in [0.3, 0.4) is 0 Å². The fourth-order valence-corrected chi connectivity index (χ4v) is 1.75. The molecule has 1 aliphatic rings. The molecule has 1 aliphatic carbocycles. The number of carboxylic acid groups (broad SMARTS) is 2. The molecule has 18 heavy (non-hydrogen) atoms. The van der Waals surface area contributed by atoms with Gasteiger partial charge in [0.2, 0.25) is 0 Å². The van der Waals surface area contributed by atoms with Crippen molar-refractivity contribution < 1.29 is 34.5 Å². The average Bonchev–Trinajstić information content (AvgIpc) is 2.27. The van der Waals surface area contributed by atoms with Crippen molar-refractivity contribution in [2.45, 2.75) is 12.8 Å². The van der Waals surface area contributed by atoms with E-state index in [0.717, 1.165) is 0 Å². The van der Waals surface area contributed by atoms with Crippen LogP contribution in [0.5, 0.6) is 0 Å². The number of Topliss-reactive ketones (excluding diaryl/α,β-unsaturated/α-hetero) is 2. The Balaban J connectivity index is 3.14. The van der Waals surface area contributed by atoms with Gasteiger partial charge in [0.1, 0.15) is 11.5 Å². The molecule has 8 heteroatoms. The first-order valence-corrected chi connectivity index (χ1v) is 4.95. The number of hydrogen-bond donors (Lipinski definition) is 4. The molecule has 98 valence electrons. The minimum absolute atomic E-state index is 0.646. The second kappa shape index (κ2) is 4.86. The van der Waals surface area contributed by atoms with Crippen LogP contribution in [0.15, 0.2) is 11.5 Å². The van der Waals surface area contributed by atoms with Crippen LogP contribution in [-0.2, 0) is 19.2 Å². The van der Waals surface area contributed by atoms with Crippen molar-refractivity contribution in [1.29, 1.82) is 0 Å². The van der Waals surface area contributed by atoms with Crippen LogP contribution in [0, 0.1) is 11.8 Å². The average molecular weight is 257 g/mol. The lowest BCUT2D eigenvalue weighted by atomic mass is 9.78. The maximum Gasteiger partial charge on any atom is 0.304 e. The van der Waals surface area contributed by atoms with E-state index in [-0.39, 0.29) is 0 Å². The molecule has 0 fully saturated rings. The van der Waals surface area contributed by atoms with Crippen molar-refractivity contribution in [3.63, 3.8) is 0 Å². The van der Waals surface area contributed by atoms with Gasteiger partial charge < -0.3 is 21.1 Å². The van der Waals surface area contributed by atoms with Crippen molar-refractivity contribution in [3.8, 4) is 0 Å². The third kappa shape index (κ3) is 2.47. The number of carbonyl (C=O) groups excluding carboxylic acids is 2. The van der Waals surface area contributed by atoms with E-state index in [1.807, 2.05) is 0 Å². The van der Waals surface area contributed by atoms with Gasteiger partial charge in [0.05, 0.1) is 24.7 Å². The highest BCUT2D eigenvalue weighted by molar-refractivity contribution is 6.16.